The van der Waals surface area contributed by atoms with E-state index in [1.165, 1.54) is 6.26 Å². The third kappa shape index (κ3) is 5.78. The van der Waals surface area contributed by atoms with E-state index in [1.807, 2.05) is 6.92 Å². The normalized spacial score (nSPS) is 21.4. The lowest BCUT2D eigenvalue weighted by Gasteiger charge is -2.32. The molecule has 2 aromatic carbocycles. The van der Waals surface area contributed by atoms with E-state index >= 15 is 0 Å². The zero-order valence-corrected chi connectivity index (χ0v) is 19.4. The predicted octanol–water partition coefficient (Wildman–Crippen LogP) is 3.83. The summed E-state index contributed by atoms with van der Waals surface area (Å²) in [5.74, 6) is 0.919. The first-order chi connectivity index (χ1) is 14.6. The van der Waals surface area contributed by atoms with Gasteiger partial charge in [0, 0.05) is 35.8 Å². The highest BCUT2D eigenvalue weighted by molar-refractivity contribution is 7.90. The van der Waals surface area contributed by atoms with Crippen LogP contribution in [0.3, 0.4) is 0 Å². The van der Waals surface area contributed by atoms with Crippen molar-refractivity contribution in [1.29, 1.82) is 5.26 Å². The van der Waals surface area contributed by atoms with Crippen LogP contribution >= 0.6 is 11.6 Å². The summed E-state index contributed by atoms with van der Waals surface area (Å²) < 4.78 is 29.0. The van der Waals surface area contributed by atoms with Gasteiger partial charge in [0.25, 0.3) is 0 Å². The minimum Gasteiger partial charge on any atom is -0.493 e. The molecule has 0 spiro atoms. The molecule has 1 N–H and O–H groups in total. The number of nitrogens with zero attached hydrogens (tertiary/aromatic N) is 2. The van der Waals surface area contributed by atoms with E-state index in [0.29, 0.717) is 28.5 Å². The Morgan fingerprint density at radius 2 is 1.97 bits per heavy atom. The zero-order chi connectivity index (χ0) is 22.8. The second-order valence-electron chi connectivity index (χ2n) is 8.27. The number of sulfone groups is 1. The van der Waals surface area contributed by atoms with Gasteiger partial charge in [0.1, 0.15) is 5.75 Å². The van der Waals surface area contributed by atoms with Crippen molar-refractivity contribution in [2.45, 2.75) is 43.4 Å². The molecule has 31 heavy (non-hydrogen) atoms. The molecule has 3 rings (SSSR count). The van der Waals surface area contributed by atoms with Crippen molar-refractivity contribution >= 4 is 21.4 Å². The van der Waals surface area contributed by atoms with Crippen molar-refractivity contribution in [3.8, 4) is 11.8 Å². The van der Waals surface area contributed by atoms with E-state index in [1.54, 1.807) is 42.5 Å². The SMILES string of the molecule is C[C@@H]1C[C@H](COc2ccc(S(C)(=O)=O)cc2)CN1[C@H](C)[C@@H](O)c1cc(Cl)cc(C#N)c1. The van der Waals surface area contributed by atoms with E-state index in [-0.39, 0.29) is 22.9 Å². The molecule has 0 unspecified atom stereocenters. The van der Waals surface area contributed by atoms with Gasteiger partial charge < -0.3 is 9.84 Å². The van der Waals surface area contributed by atoms with Gasteiger partial charge >= 0.3 is 0 Å². The minimum absolute atomic E-state index is 0.154. The molecule has 0 radical (unpaired) electrons. The number of benzene rings is 2. The largest absolute Gasteiger partial charge is 0.493 e. The molecular formula is C23H27ClN2O4S. The van der Waals surface area contributed by atoms with Gasteiger partial charge in [0.2, 0.25) is 0 Å². The quantitative estimate of drug-likeness (QED) is 0.672. The zero-order valence-electron chi connectivity index (χ0n) is 17.8. The summed E-state index contributed by atoms with van der Waals surface area (Å²) in [5, 5.41) is 20.5. The van der Waals surface area contributed by atoms with Crippen LogP contribution in [-0.4, -0.2) is 49.9 Å². The molecule has 0 saturated carbocycles. The number of halogens is 1. The van der Waals surface area contributed by atoms with Gasteiger partial charge in [-0.15, -0.1) is 0 Å². The second-order valence-corrected chi connectivity index (χ2v) is 10.7. The van der Waals surface area contributed by atoms with Gasteiger partial charge in [0.15, 0.2) is 9.84 Å². The highest BCUT2D eigenvalue weighted by Crippen LogP contribution is 2.32. The summed E-state index contributed by atoms with van der Waals surface area (Å²) in [6.45, 7) is 5.38. The van der Waals surface area contributed by atoms with Crippen molar-refractivity contribution < 1.29 is 18.3 Å². The molecule has 0 amide bonds. The lowest BCUT2D eigenvalue weighted by molar-refractivity contribution is 0.0517. The monoisotopic (exact) mass is 462 g/mol. The fraction of sp³-hybridized carbons (Fsp3) is 0.435. The topological polar surface area (TPSA) is 90.6 Å². The molecule has 166 valence electrons. The number of ether oxygens (including phenoxy) is 1. The van der Waals surface area contributed by atoms with E-state index in [0.717, 1.165) is 13.0 Å². The molecular weight excluding hydrogens is 436 g/mol. The molecule has 4 atom stereocenters. The fourth-order valence-corrected chi connectivity index (χ4v) is 5.04. The van der Waals surface area contributed by atoms with E-state index < -0.39 is 15.9 Å². The van der Waals surface area contributed by atoms with Crippen molar-refractivity contribution in [2.75, 3.05) is 19.4 Å². The van der Waals surface area contributed by atoms with Gasteiger partial charge in [-0.3, -0.25) is 4.90 Å². The Morgan fingerprint density at radius 3 is 2.58 bits per heavy atom. The molecule has 2 aromatic rings. The first-order valence-electron chi connectivity index (χ1n) is 10.2. The molecule has 1 aliphatic heterocycles. The summed E-state index contributed by atoms with van der Waals surface area (Å²) in [7, 11) is -3.22. The van der Waals surface area contributed by atoms with Crippen LogP contribution in [-0.2, 0) is 9.84 Å². The highest BCUT2D eigenvalue weighted by Gasteiger charge is 2.35. The number of rotatable bonds is 7. The molecule has 8 heteroatoms. The fourth-order valence-electron chi connectivity index (χ4n) is 4.16. The molecule has 1 fully saturated rings. The standard InChI is InChI=1S/C23H27ClN2O4S/c1-15-8-18(14-30-21-4-6-22(7-5-21)31(3,28)29)13-26(15)16(2)23(27)19-9-17(12-25)10-20(24)11-19/h4-7,9-11,15-16,18,23,27H,8,13-14H2,1-3H3/t15-,16-,18+,23-/m1/s1. The minimum atomic E-state index is -3.22. The highest BCUT2D eigenvalue weighted by atomic mass is 35.5. The molecule has 6 nitrogen and oxygen atoms in total. The first-order valence-corrected chi connectivity index (χ1v) is 12.4. The number of aliphatic hydroxyl groups is 1. The smallest absolute Gasteiger partial charge is 0.175 e. The summed E-state index contributed by atoms with van der Waals surface area (Å²) in [5.41, 5.74) is 1.06. The van der Waals surface area contributed by atoms with E-state index in [2.05, 4.69) is 17.9 Å². The van der Waals surface area contributed by atoms with Crippen LogP contribution < -0.4 is 4.74 Å². The number of nitriles is 1. The van der Waals surface area contributed by atoms with Crippen molar-refractivity contribution in [3.63, 3.8) is 0 Å². The van der Waals surface area contributed by atoms with Crippen LogP contribution in [0.4, 0.5) is 0 Å². The molecule has 0 aromatic heterocycles. The molecule has 1 saturated heterocycles. The maximum atomic E-state index is 11.6. The Bertz CT molecular complexity index is 1070. The average Bonchev–Trinajstić information content (AvgIpc) is 3.10. The number of likely N-dealkylation sites (tertiary alicyclic amines) is 1. The Morgan fingerprint density at radius 1 is 1.29 bits per heavy atom. The summed E-state index contributed by atoms with van der Waals surface area (Å²) in [6.07, 6.45) is 1.34. The Balaban J connectivity index is 1.61. The maximum Gasteiger partial charge on any atom is 0.175 e. The van der Waals surface area contributed by atoms with E-state index in [4.69, 9.17) is 21.6 Å². The molecule has 0 bridgehead atoms. The predicted molar refractivity (Wildman–Crippen MR) is 120 cm³/mol. The Kier molecular flexibility index (Phi) is 7.28. The van der Waals surface area contributed by atoms with Crippen LogP contribution in [0.15, 0.2) is 47.4 Å². The van der Waals surface area contributed by atoms with Crippen molar-refractivity contribution in [1.82, 2.24) is 4.90 Å². The van der Waals surface area contributed by atoms with Crippen LogP contribution in [0.5, 0.6) is 5.75 Å². The van der Waals surface area contributed by atoms with E-state index in [9.17, 15) is 13.5 Å². The third-order valence-electron chi connectivity index (χ3n) is 5.82. The van der Waals surface area contributed by atoms with Gasteiger partial charge in [0.05, 0.1) is 29.2 Å². The summed E-state index contributed by atoms with van der Waals surface area (Å²) >= 11 is 6.10. The molecule has 1 aliphatic rings. The van der Waals surface area contributed by atoms with Crippen LogP contribution in [0.2, 0.25) is 5.02 Å². The Labute approximate surface area is 188 Å². The van der Waals surface area contributed by atoms with Gasteiger partial charge in [-0.1, -0.05) is 11.6 Å². The van der Waals surface area contributed by atoms with Crippen molar-refractivity contribution in [2.24, 2.45) is 5.92 Å². The van der Waals surface area contributed by atoms with Gasteiger partial charge in [-0.25, -0.2) is 8.42 Å². The third-order valence-corrected chi connectivity index (χ3v) is 7.16. The summed E-state index contributed by atoms with van der Waals surface area (Å²) in [6, 6.07) is 13.6. The number of hydrogen-bond donors (Lipinski definition) is 1. The van der Waals surface area contributed by atoms with Crippen LogP contribution in [0.25, 0.3) is 0 Å². The second kappa shape index (κ2) is 9.58. The molecule has 1 heterocycles. The number of aliphatic hydroxyl groups excluding tert-OH is 1. The van der Waals surface area contributed by atoms with Crippen molar-refractivity contribution in [3.05, 3.63) is 58.6 Å². The lowest BCUT2D eigenvalue weighted by atomic mass is 10.00. The lowest BCUT2D eigenvalue weighted by Crippen LogP contribution is -2.40. The van der Waals surface area contributed by atoms with Gasteiger partial charge in [-0.2, -0.15) is 5.26 Å². The average molecular weight is 463 g/mol. The first kappa shape index (κ1) is 23.6. The Hall–Kier alpha value is -2.11. The van der Waals surface area contributed by atoms with Gasteiger partial charge in [-0.05, 0) is 68.3 Å². The maximum absolute atomic E-state index is 11.6. The van der Waals surface area contributed by atoms with Crippen LogP contribution in [0.1, 0.15) is 37.5 Å². The van der Waals surface area contributed by atoms with Crippen LogP contribution in [0, 0.1) is 17.2 Å². The summed E-state index contributed by atoms with van der Waals surface area (Å²) in [4.78, 5) is 2.52. The number of hydrogen-bond acceptors (Lipinski definition) is 6. The molecule has 0 aliphatic carbocycles.